The minimum absolute atomic E-state index is 0.00941. The summed E-state index contributed by atoms with van der Waals surface area (Å²) in [5.41, 5.74) is 5.61. The van der Waals surface area contributed by atoms with Crippen molar-refractivity contribution in [3.63, 3.8) is 0 Å². The van der Waals surface area contributed by atoms with Gasteiger partial charge in [-0.1, -0.05) is 0 Å². The van der Waals surface area contributed by atoms with Crippen LogP contribution in [0.25, 0.3) is 0 Å². The van der Waals surface area contributed by atoms with Crippen LogP contribution < -0.4 is 5.73 Å². The fourth-order valence-electron chi connectivity index (χ4n) is 1.56. The number of nitrogens with zero attached hydrogens (tertiary/aromatic N) is 1. The van der Waals surface area contributed by atoms with Gasteiger partial charge in [-0.05, 0) is 32.2 Å². The zero-order valence-electron chi connectivity index (χ0n) is 10.0. The van der Waals surface area contributed by atoms with Crippen LogP contribution in [0.1, 0.15) is 18.9 Å². The quantitative estimate of drug-likeness (QED) is 0.612. The van der Waals surface area contributed by atoms with Crippen molar-refractivity contribution in [2.24, 2.45) is 5.73 Å². The van der Waals surface area contributed by atoms with E-state index in [9.17, 15) is 8.78 Å². The van der Waals surface area contributed by atoms with Crippen LogP contribution in [0, 0.1) is 17.0 Å². The van der Waals surface area contributed by atoms with Gasteiger partial charge in [0.2, 0.25) is 0 Å². The van der Waals surface area contributed by atoms with Crippen molar-refractivity contribution in [2.75, 3.05) is 7.05 Å². The lowest BCUT2D eigenvalue weighted by Gasteiger charge is -2.24. The third-order valence-corrected chi connectivity index (χ3v) is 2.70. The van der Waals surface area contributed by atoms with Crippen LogP contribution in [0.5, 0.6) is 0 Å². The van der Waals surface area contributed by atoms with Crippen molar-refractivity contribution < 1.29 is 8.78 Å². The number of nitrogens with two attached hydrogens (primary N) is 1. The SMILES string of the molecule is CC(CC(=N)N)N(C)Cc1cc(F)ccc1F. The minimum atomic E-state index is -0.450. The van der Waals surface area contributed by atoms with Crippen LogP contribution in [0.2, 0.25) is 0 Å². The molecule has 0 saturated carbocycles. The highest BCUT2D eigenvalue weighted by Gasteiger charge is 2.13. The van der Waals surface area contributed by atoms with Gasteiger partial charge in [-0.25, -0.2) is 8.78 Å². The summed E-state index contributed by atoms with van der Waals surface area (Å²) < 4.78 is 26.4. The van der Waals surface area contributed by atoms with Crippen LogP contribution in [0.15, 0.2) is 18.2 Å². The van der Waals surface area contributed by atoms with E-state index in [1.807, 2.05) is 11.8 Å². The zero-order valence-corrected chi connectivity index (χ0v) is 10.0. The highest BCUT2D eigenvalue weighted by atomic mass is 19.1. The van der Waals surface area contributed by atoms with Crippen molar-refractivity contribution in [1.29, 1.82) is 5.41 Å². The Labute approximate surface area is 99.7 Å². The number of rotatable bonds is 5. The first kappa shape index (κ1) is 13.6. The molecule has 0 aliphatic carbocycles. The second-order valence-electron chi connectivity index (χ2n) is 4.23. The molecule has 1 aromatic rings. The molecule has 17 heavy (non-hydrogen) atoms. The molecule has 3 nitrogen and oxygen atoms in total. The maximum Gasteiger partial charge on any atom is 0.127 e. The van der Waals surface area contributed by atoms with Crippen LogP contribution in [-0.2, 0) is 6.54 Å². The molecule has 0 bridgehead atoms. The topological polar surface area (TPSA) is 53.1 Å². The molecule has 0 amide bonds. The molecule has 1 unspecified atom stereocenters. The van der Waals surface area contributed by atoms with E-state index in [0.717, 1.165) is 12.1 Å². The van der Waals surface area contributed by atoms with E-state index in [1.54, 1.807) is 7.05 Å². The van der Waals surface area contributed by atoms with Crippen LogP contribution in [-0.4, -0.2) is 23.8 Å². The Balaban J connectivity index is 2.70. The van der Waals surface area contributed by atoms with Crippen LogP contribution in [0.4, 0.5) is 8.78 Å². The third kappa shape index (κ3) is 4.11. The fraction of sp³-hybridized carbons (Fsp3) is 0.417. The van der Waals surface area contributed by atoms with Crippen LogP contribution >= 0.6 is 0 Å². The van der Waals surface area contributed by atoms with E-state index in [4.69, 9.17) is 11.1 Å². The van der Waals surface area contributed by atoms with E-state index < -0.39 is 11.6 Å². The predicted molar refractivity (Wildman–Crippen MR) is 63.8 cm³/mol. The summed E-state index contributed by atoms with van der Waals surface area (Å²) in [4.78, 5) is 1.83. The van der Waals surface area contributed by atoms with E-state index in [2.05, 4.69) is 0 Å². The Hall–Kier alpha value is -1.49. The summed E-state index contributed by atoms with van der Waals surface area (Å²) in [6, 6.07) is 3.41. The van der Waals surface area contributed by atoms with Gasteiger partial charge < -0.3 is 5.73 Å². The molecule has 0 spiro atoms. The molecular weight excluding hydrogens is 224 g/mol. The van der Waals surface area contributed by atoms with Crippen molar-refractivity contribution >= 4 is 5.84 Å². The van der Waals surface area contributed by atoms with Crippen LogP contribution in [0.3, 0.4) is 0 Å². The predicted octanol–water partition coefficient (Wildman–Crippen LogP) is 2.11. The Morgan fingerprint density at radius 1 is 1.47 bits per heavy atom. The molecule has 5 heteroatoms. The fourth-order valence-corrected chi connectivity index (χ4v) is 1.56. The number of nitrogens with one attached hydrogen (secondary N) is 1. The molecule has 0 saturated heterocycles. The number of halogens is 2. The third-order valence-electron chi connectivity index (χ3n) is 2.70. The molecule has 94 valence electrons. The lowest BCUT2D eigenvalue weighted by molar-refractivity contribution is 0.250. The Kier molecular flexibility index (Phi) is 4.57. The normalized spacial score (nSPS) is 12.8. The van der Waals surface area contributed by atoms with Gasteiger partial charge in [0, 0.05) is 24.6 Å². The maximum absolute atomic E-state index is 13.4. The average molecular weight is 241 g/mol. The highest BCUT2D eigenvalue weighted by molar-refractivity contribution is 5.77. The lowest BCUT2D eigenvalue weighted by atomic mass is 10.1. The van der Waals surface area contributed by atoms with Gasteiger partial charge in [0.1, 0.15) is 11.6 Å². The van der Waals surface area contributed by atoms with Gasteiger partial charge >= 0.3 is 0 Å². The first-order chi connectivity index (χ1) is 7.90. The maximum atomic E-state index is 13.4. The molecule has 1 rings (SSSR count). The zero-order chi connectivity index (χ0) is 13.0. The molecule has 0 fully saturated rings. The van der Waals surface area contributed by atoms with Gasteiger partial charge in [0.15, 0.2) is 0 Å². The van der Waals surface area contributed by atoms with E-state index >= 15 is 0 Å². The van der Waals surface area contributed by atoms with Gasteiger partial charge in [0.25, 0.3) is 0 Å². The van der Waals surface area contributed by atoms with Crippen molar-refractivity contribution in [2.45, 2.75) is 25.9 Å². The Bertz CT molecular complexity index is 407. The molecule has 3 N–H and O–H groups in total. The Morgan fingerprint density at radius 2 is 2.12 bits per heavy atom. The van der Waals surface area contributed by atoms with Crippen molar-refractivity contribution in [3.05, 3.63) is 35.4 Å². The van der Waals surface area contributed by atoms with Crippen molar-refractivity contribution in [1.82, 2.24) is 4.90 Å². The standard InChI is InChI=1S/C12H17F2N3/c1-8(5-12(15)16)17(2)7-9-6-10(13)3-4-11(9)14/h3-4,6,8H,5,7H2,1-2H3,(H3,15,16). The van der Waals surface area contributed by atoms with E-state index in [-0.39, 0.29) is 18.4 Å². The summed E-state index contributed by atoms with van der Waals surface area (Å²) in [7, 11) is 1.79. The van der Waals surface area contributed by atoms with Gasteiger partial charge in [-0.3, -0.25) is 10.3 Å². The smallest absolute Gasteiger partial charge is 0.127 e. The largest absolute Gasteiger partial charge is 0.388 e. The minimum Gasteiger partial charge on any atom is -0.388 e. The number of amidine groups is 1. The molecule has 1 aromatic carbocycles. The first-order valence-electron chi connectivity index (χ1n) is 5.37. The highest BCUT2D eigenvalue weighted by Crippen LogP contribution is 2.13. The molecule has 0 heterocycles. The number of benzene rings is 1. The average Bonchev–Trinajstić information content (AvgIpc) is 2.22. The summed E-state index contributed by atoms with van der Waals surface area (Å²) >= 11 is 0. The summed E-state index contributed by atoms with van der Waals surface area (Å²) in [5, 5.41) is 7.19. The molecule has 0 aromatic heterocycles. The first-order valence-corrected chi connectivity index (χ1v) is 5.37. The van der Waals surface area contributed by atoms with E-state index in [0.29, 0.717) is 12.0 Å². The molecule has 0 radical (unpaired) electrons. The van der Waals surface area contributed by atoms with Gasteiger partial charge in [0.05, 0.1) is 5.84 Å². The molecule has 0 aliphatic rings. The number of hydrogen-bond acceptors (Lipinski definition) is 2. The second-order valence-corrected chi connectivity index (χ2v) is 4.23. The van der Waals surface area contributed by atoms with Crippen molar-refractivity contribution in [3.8, 4) is 0 Å². The summed E-state index contributed by atoms with van der Waals surface area (Å²) in [5.74, 6) is -0.786. The number of hydrogen-bond donors (Lipinski definition) is 2. The molecule has 0 aliphatic heterocycles. The molecule has 1 atom stereocenters. The van der Waals surface area contributed by atoms with Gasteiger partial charge in [-0.15, -0.1) is 0 Å². The van der Waals surface area contributed by atoms with Gasteiger partial charge in [-0.2, -0.15) is 0 Å². The summed E-state index contributed by atoms with van der Waals surface area (Å²) in [6.45, 7) is 2.18. The van der Waals surface area contributed by atoms with E-state index in [1.165, 1.54) is 6.07 Å². The molecular formula is C12H17F2N3. The summed E-state index contributed by atoms with van der Waals surface area (Å²) in [6.07, 6.45) is 0.410. The Morgan fingerprint density at radius 3 is 2.71 bits per heavy atom. The second kappa shape index (κ2) is 5.72. The lowest BCUT2D eigenvalue weighted by Crippen LogP contribution is -2.32. The monoisotopic (exact) mass is 241 g/mol.